The Hall–Kier alpha value is -2.44. The van der Waals surface area contributed by atoms with Crippen LogP contribution in [-0.2, 0) is 4.79 Å². The Bertz CT molecular complexity index is 562. The van der Waals surface area contributed by atoms with E-state index >= 15 is 0 Å². The van der Waals surface area contributed by atoms with Crippen LogP contribution >= 0.6 is 0 Å². The summed E-state index contributed by atoms with van der Waals surface area (Å²) in [6, 6.07) is 2.66. The summed E-state index contributed by atoms with van der Waals surface area (Å²) in [4.78, 5) is 25.9. The minimum absolute atomic E-state index is 0.160. The fourth-order valence-electron chi connectivity index (χ4n) is 2.43. The van der Waals surface area contributed by atoms with Crippen LogP contribution < -0.4 is 19.5 Å². The van der Waals surface area contributed by atoms with E-state index in [1.54, 1.807) is 19.1 Å². The Morgan fingerprint density at radius 2 is 1.77 bits per heavy atom. The number of amides is 2. The van der Waals surface area contributed by atoms with Crippen LogP contribution in [-0.4, -0.2) is 57.2 Å². The van der Waals surface area contributed by atoms with Gasteiger partial charge in [-0.15, -0.1) is 0 Å². The number of hydrogen-bond acceptors (Lipinski definition) is 5. The van der Waals surface area contributed by atoms with E-state index in [1.165, 1.54) is 26.2 Å². The maximum absolute atomic E-state index is 12.7. The zero-order valence-electron chi connectivity index (χ0n) is 13.1. The van der Waals surface area contributed by atoms with Gasteiger partial charge in [-0.2, -0.15) is 0 Å². The average Bonchev–Trinajstić information content (AvgIpc) is 2.55. The van der Waals surface area contributed by atoms with Gasteiger partial charge < -0.3 is 24.4 Å². The second-order valence-corrected chi connectivity index (χ2v) is 4.88. The zero-order chi connectivity index (χ0) is 16.3. The van der Waals surface area contributed by atoms with E-state index in [0.717, 1.165) is 0 Å². The lowest BCUT2D eigenvalue weighted by Gasteiger charge is -2.33. The van der Waals surface area contributed by atoms with Crippen molar-refractivity contribution in [3.05, 3.63) is 17.7 Å². The molecule has 0 spiro atoms. The van der Waals surface area contributed by atoms with Crippen molar-refractivity contribution in [2.45, 2.75) is 13.0 Å². The molecule has 1 saturated heterocycles. The Balaban J connectivity index is 2.39. The molecule has 2 amide bonds. The SMILES string of the molecule is COc1cc(C(=O)N2CCNC(=O)[C@@H]2C)cc(OC)c1OC. The maximum Gasteiger partial charge on any atom is 0.254 e. The molecule has 1 aromatic carbocycles. The number of methoxy groups -OCH3 is 3. The number of nitrogens with zero attached hydrogens (tertiary/aromatic N) is 1. The molecule has 7 nitrogen and oxygen atoms in total. The van der Waals surface area contributed by atoms with Crippen LogP contribution in [0.4, 0.5) is 0 Å². The van der Waals surface area contributed by atoms with Gasteiger partial charge in [-0.1, -0.05) is 0 Å². The Morgan fingerprint density at radius 3 is 2.27 bits per heavy atom. The predicted molar refractivity (Wildman–Crippen MR) is 79.6 cm³/mol. The second kappa shape index (κ2) is 6.55. The quantitative estimate of drug-likeness (QED) is 0.885. The molecule has 0 bridgehead atoms. The largest absolute Gasteiger partial charge is 0.493 e. The monoisotopic (exact) mass is 308 g/mol. The highest BCUT2D eigenvalue weighted by molar-refractivity contribution is 5.99. The normalized spacial score (nSPS) is 17.7. The molecular formula is C15H20N2O5. The lowest BCUT2D eigenvalue weighted by atomic mass is 10.1. The molecule has 0 saturated carbocycles. The summed E-state index contributed by atoms with van der Waals surface area (Å²) in [5.74, 6) is 0.818. The molecule has 1 aliphatic rings. The number of nitrogens with one attached hydrogen (secondary N) is 1. The highest BCUT2D eigenvalue weighted by atomic mass is 16.5. The lowest BCUT2D eigenvalue weighted by molar-refractivity contribution is -0.127. The number of ether oxygens (including phenoxy) is 3. The van der Waals surface area contributed by atoms with Crippen molar-refractivity contribution in [2.75, 3.05) is 34.4 Å². The Kier molecular flexibility index (Phi) is 4.75. The third-order valence-corrected chi connectivity index (χ3v) is 3.67. The van der Waals surface area contributed by atoms with Gasteiger partial charge in [-0.25, -0.2) is 0 Å². The van der Waals surface area contributed by atoms with Crippen LogP contribution in [0.5, 0.6) is 17.2 Å². The molecule has 120 valence electrons. The van der Waals surface area contributed by atoms with Gasteiger partial charge in [-0.3, -0.25) is 9.59 Å². The number of piperazine rings is 1. The molecule has 2 rings (SSSR count). The summed E-state index contributed by atoms with van der Waals surface area (Å²) >= 11 is 0. The molecule has 0 aromatic heterocycles. The van der Waals surface area contributed by atoms with Crippen LogP contribution in [0.15, 0.2) is 12.1 Å². The highest BCUT2D eigenvalue weighted by Crippen LogP contribution is 2.38. The van der Waals surface area contributed by atoms with Crippen LogP contribution in [0.3, 0.4) is 0 Å². The van der Waals surface area contributed by atoms with Gasteiger partial charge in [0.1, 0.15) is 6.04 Å². The van der Waals surface area contributed by atoms with Gasteiger partial charge in [0.25, 0.3) is 5.91 Å². The van der Waals surface area contributed by atoms with Crippen LogP contribution in [0.1, 0.15) is 17.3 Å². The predicted octanol–water partition coefficient (Wildman–Crippen LogP) is 0.673. The standard InChI is InChI=1S/C15H20N2O5/c1-9-14(18)16-5-6-17(9)15(19)10-7-11(20-2)13(22-4)12(8-10)21-3/h7-9H,5-6H2,1-4H3,(H,16,18)/t9-/m0/s1. The van der Waals surface area contributed by atoms with Gasteiger partial charge in [-0.05, 0) is 19.1 Å². The Labute approximate surface area is 129 Å². The van der Waals surface area contributed by atoms with Gasteiger partial charge in [0.15, 0.2) is 11.5 Å². The van der Waals surface area contributed by atoms with E-state index in [1.807, 2.05) is 0 Å². The van der Waals surface area contributed by atoms with Crippen molar-refractivity contribution in [3.8, 4) is 17.2 Å². The third kappa shape index (κ3) is 2.79. The van der Waals surface area contributed by atoms with E-state index < -0.39 is 6.04 Å². The highest BCUT2D eigenvalue weighted by Gasteiger charge is 2.31. The molecule has 0 unspecified atom stereocenters. The minimum Gasteiger partial charge on any atom is -0.493 e. The van der Waals surface area contributed by atoms with Gasteiger partial charge in [0, 0.05) is 18.7 Å². The topological polar surface area (TPSA) is 77.1 Å². The molecule has 0 radical (unpaired) electrons. The summed E-state index contributed by atoms with van der Waals surface area (Å²) < 4.78 is 15.7. The van der Waals surface area contributed by atoms with E-state index in [2.05, 4.69) is 5.32 Å². The molecule has 22 heavy (non-hydrogen) atoms. The van der Waals surface area contributed by atoms with Gasteiger partial charge in [0.05, 0.1) is 21.3 Å². The van der Waals surface area contributed by atoms with Gasteiger partial charge in [0.2, 0.25) is 11.7 Å². The van der Waals surface area contributed by atoms with Crippen molar-refractivity contribution < 1.29 is 23.8 Å². The third-order valence-electron chi connectivity index (χ3n) is 3.67. The van der Waals surface area contributed by atoms with Crippen LogP contribution in [0, 0.1) is 0 Å². The van der Waals surface area contributed by atoms with Crippen molar-refractivity contribution in [3.63, 3.8) is 0 Å². The summed E-state index contributed by atoms with van der Waals surface area (Å²) in [5, 5.41) is 2.73. The first kappa shape index (κ1) is 15.9. The average molecular weight is 308 g/mol. The number of carbonyl (C=O) groups excluding carboxylic acids is 2. The van der Waals surface area contributed by atoms with Crippen molar-refractivity contribution in [1.82, 2.24) is 10.2 Å². The fraction of sp³-hybridized carbons (Fsp3) is 0.467. The van der Waals surface area contributed by atoms with Crippen molar-refractivity contribution in [1.29, 1.82) is 0 Å². The summed E-state index contributed by atoms with van der Waals surface area (Å²) in [6.07, 6.45) is 0. The van der Waals surface area contributed by atoms with E-state index in [-0.39, 0.29) is 11.8 Å². The molecule has 7 heteroatoms. The minimum atomic E-state index is -0.514. The number of rotatable bonds is 4. The van der Waals surface area contributed by atoms with Crippen LogP contribution in [0.25, 0.3) is 0 Å². The number of hydrogen-bond donors (Lipinski definition) is 1. The molecule has 1 aromatic rings. The first-order valence-corrected chi connectivity index (χ1v) is 6.92. The molecule has 0 aliphatic carbocycles. The van der Waals surface area contributed by atoms with Crippen molar-refractivity contribution >= 4 is 11.8 Å². The number of benzene rings is 1. The van der Waals surface area contributed by atoms with Crippen LogP contribution in [0.2, 0.25) is 0 Å². The summed E-state index contributed by atoms with van der Waals surface area (Å²) in [7, 11) is 4.48. The summed E-state index contributed by atoms with van der Waals surface area (Å²) in [5.41, 5.74) is 0.385. The molecule has 1 N–H and O–H groups in total. The summed E-state index contributed by atoms with van der Waals surface area (Å²) in [6.45, 7) is 2.60. The lowest BCUT2D eigenvalue weighted by Crippen LogP contribution is -2.55. The molecular weight excluding hydrogens is 288 g/mol. The first-order chi connectivity index (χ1) is 10.5. The molecule has 1 aliphatic heterocycles. The first-order valence-electron chi connectivity index (χ1n) is 6.92. The van der Waals surface area contributed by atoms with E-state index in [4.69, 9.17) is 14.2 Å². The molecule has 1 atom stereocenters. The number of carbonyl (C=O) groups is 2. The van der Waals surface area contributed by atoms with Gasteiger partial charge >= 0.3 is 0 Å². The molecule has 1 fully saturated rings. The van der Waals surface area contributed by atoms with Crippen molar-refractivity contribution in [2.24, 2.45) is 0 Å². The van der Waals surface area contributed by atoms with E-state index in [9.17, 15) is 9.59 Å². The van der Waals surface area contributed by atoms with E-state index in [0.29, 0.717) is 35.9 Å². The zero-order valence-corrected chi connectivity index (χ0v) is 13.1. The molecule has 1 heterocycles. The smallest absolute Gasteiger partial charge is 0.254 e. The maximum atomic E-state index is 12.7. The fourth-order valence-corrected chi connectivity index (χ4v) is 2.43. The second-order valence-electron chi connectivity index (χ2n) is 4.88. The Morgan fingerprint density at radius 1 is 1.18 bits per heavy atom.